The molecule has 1 N–H and O–H groups in total. The van der Waals surface area contributed by atoms with E-state index in [9.17, 15) is 26.7 Å². The first-order valence-corrected chi connectivity index (χ1v) is 5.95. The van der Waals surface area contributed by atoms with Gasteiger partial charge in [0.2, 0.25) is 11.7 Å². The number of amides is 1. The number of anilines is 1. The van der Waals surface area contributed by atoms with Crippen LogP contribution in [0.4, 0.5) is 27.1 Å². The Hall–Kier alpha value is -2.03. The van der Waals surface area contributed by atoms with E-state index < -0.39 is 46.3 Å². The number of aromatic nitrogens is 1. The largest absolute Gasteiger partial charge is 0.302 e. The predicted molar refractivity (Wildman–Crippen MR) is 61.6 cm³/mol. The van der Waals surface area contributed by atoms with Gasteiger partial charge in [0.1, 0.15) is 0 Å². The Bertz CT molecular complexity index is 671. The molecule has 1 aromatic carbocycles. The van der Waals surface area contributed by atoms with Crippen molar-refractivity contribution in [2.45, 2.75) is 6.92 Å². The number of rotatable bonds is 2. The molecule has 0 bridgehead atoms. The highest BCUT2D eigenvalue weighted by Gasteiger charge is 2.27. The summed E-state index contributed by atoms with van der Waals surface area (Å²) in [5.74, 6) is -10.8. The van der Waals surface area contributed by atoms with Crippen LogP contribution in [0.5, 0.6) is 0 Å². The first kappa shape index (κ1) is 14.4. The van der Waals surface area contributed by atoms with Gasteiger partial charge in [0, 0.05) is 12.3 Å². The second kappa shape index (κ2) is 5.16. The molecular weight excluding hydrogens is 303 g/mol. The second-order valence-electron chi connectivity index (χ2n) is 3.66. The van der Waals surface area contributed by atoms with E-state index in [1.165, 1.54) is 6.92 Å². The quantitative estimate of drug-likeness (QED) is 0.524. The maximum absolute atomic E-state index is 13.5. The lowest BCUT2D eigenvalue weighted by molar-refractivity contribution is -0.114. The number of carbonyl (C=O) groups excluding carboxylic acids is 1. The summed E-state index contributed by atoms with van der Waals surface area (Å²) in [5.41, 5.74) is -1.58. The summed E-state index contributed by atoms with van der Waals surface area (Å²) in [6.45, 7) is 1.18. The van der Waals surface area contributed by atoms with Crippen molar-refractivity contribution in [2.75, 3.05) is 5.32 Å². The first-order chi connectivity index (χ1) is 9.32. The summed E-state index contributed by atoms with van der Waals surface area (Å²) in [4.78, 5) is 14.4. The Kier molecular flexibility index (Phi) is 3.71. The van der Waals surface area contributed by atoms with E-state index in [2.05, 4.69) is 10.3 Å². The summed E-state index contributed by atoms with van der Waals surface area (Å²) in [6, 6.07) is 0. The van der Waals surface area contributed by atoms with Gasteiger partial charge in [0.15, 0.2) is 28.4 Å². The molecule has 0 aliphatic carbocycles. The number of carbonyl (C=O) groups is 1. The van der Waals surface area contributed by atoms with E-state index in [1.807, 2.05) is 0 Å². The van der Waals surface area contributed by atoms with Crippen LogP contribution in [0.15, 0.2) is 5.38 Å². The molecule has 1 aromatic heterocycles. The SMILES string of the molecule is CC(=O)Nc1nc(-c2c(F)c(F)c(F)c(F)c2F)cs1. The molecule has 20 heavy (non-hydrogen) atoms. The number of thiazole rings is 1. The predicted octanol–water partition coefficient (Wildman–Crippen LogP) is 3.46. The van der Waals surface area contributed by atoms with Crippen LogP contribution in [0.2, 0.25) is 0 Å². The van der Waals surface area contributed by atoms with Gasteiger partial charge < -0.3 is 5.32 Å². The number of hydrogen-bond donors (Lipinski definition) is 1. The third-order valence-corrected chi connectivity index (χ3v) is 3.01. The normalized spacial score (nSPS) is 10.7. The summed E-state index contributed by atoms with van der Waals surface area (Å²) >= 11 is 0.791. The van der Waals surface area contributed by atoms with Crippen molar-refractivity contribution < 1.29 is 26.7 Å². The summed E-state index contributed by atoms with van der Waals surface area (Å²) in [6.07, 6.45) is 0. The molecule has 0 atom stereocenters. The second-order valence-corrected chi connectivity index (χ2v) is 4.52. The molecule has 1 heterocycles. The van der Waals surface area contributed by atoms with E-state index in [1.54, 1.807) is 0 Å². The zero-order chi connectivity index (χ0) is 15.0. The molecule has 1 amide bonds. The number of halogens is 5. The molecule has 3 nitrogen and oxygen atoms in total. The first-order valence-electron chi connectivity index (χ1n) is 5.07. The van der Waals surface area contributed by atoms with Gasteiger partial charge in [-0.1, -0.05) is 0 Å². The Balaban J connectivity index is 2.58. The van der Waals surface area contributed by atoms with Crippen LogP contribution in [-0.2, 0) is 4.79 Å². The van der Waals surface area contributed by atoms with Gasteiger partial charge in [-0.05, 0) is 0 Å². The standard InChI is InChI=1S/C11H5F5N2OS/c1-3(19)17-11-18-4(2-20-11)5-6(12)8(14)10(16)9(15)7(5)13/h2H,1H3,(H,17,18,19). The average molecular weight is 308 g/mol. The third-order valence-electron chi connectivity index (χ3n) is 2.25. The van der Waals surface area contributed by atoms with Crippen LogP contribution < -0.4 is 5.32 Å². The van der Waals surface area contributed by atoms with Crippen molar-refractivity contribution in [3.05, 3.63) is 34.5 Å². The fourth-order valence-electron chi connectivity index (χ4n) is 1.43. The fourth-order valence-corrected chi connectivity index (χ4v) is 2.17. The van der Waals surface area contributed by atoms with Crippen LogP contribution in [-0.4, -0.2) is 10.9 Å². The van der Waals surface area contributed by atoms with Crippen molar-refractivity contribution in [1.29, 1.82) is 0 Å². The van der Waals surface area contributed by atoms with Crippen LogP contribution in [0.1, 0.15) is 6.92 Å². The van der Waals surface area contributed by atoms with Gasteiger partial charge in [-0.15, -0.1) is 11.3 Å². The summed E-state index contributed by atoms with van der Waals surface area (Å²) in [7, 11) is 0. The monoisotopic (exact) mass is 308 g/mol. The molecule has 106 valence electrons. The lowest BCUT2D eigenvalue weighted by Crippen LogP contribution is -2.06. The fraction of sp³-hybridized carbons (Fsp3) is 0.0909. The van der Waals surface area contributed by atoms with Gasteiger partial charge in [0.05, 0.1) is 11.3 Å². The molecule has 0 radical (unpaired) electrons. The van der Waals surface area contributed by atoms with E-state index in [4.69, 9.17) is 0 Å². The zero-order valence-corrected chi connectivity index (χ0v) is 10.5. The molecule has 2 aromatic rings. The molecule has 9 heteroatoms. The minimum absolute atomic E-state index is 0.0172. The summed E-state index contributed by atoms with van der Waals surface area (Å²) < 4.78 is 66.0. The van der Waals surface area contributed by atoms with Crippen LogP contribution in [0.3, 0.4) is 0 Å². The minimum Gasteiger partial charge on any atom is -0.302 e. The van der Waals surface area contributed by atoms with Crippen molar-refractivity contribution in [1.82, 2.24) is 4.98 Å². The molecule has 0 aliphatic rings. The van der Waals surface area contributed by atoms with Crippen molar-refractivity contribution in [3.63, 3.8) is 0 Å². The van der Waals surface area contributed by atoms with Crippen LogP contribution in [0.25, 0.3) is 11.3 Å². The van der Waals surface area contributed by atoms with E-state index in [0.717, 1.165) is 16.7 Å². The molecule has 0 fully saturated rings. The van der Waals surface area contributed by atoms with Crippen molar-refractivity contribution in [2.24, 2.45) is 0 Å². The van der Waals surface area contributed by atoms with E-state index >= 15 is 0 Å². The molecule has 2 rings (SSSR count). The lowest BCUT2D eigenvalue weighted by Gasteiger charge is -2.05. The minimum atomic E-state index is -2.24. The van der Waals surface area contributed by atoms with Crippen molar-refractivity contribution in [3.8, 4) is 11.3 Å². The Morgan fingerprint density at radius 1 is 1.05 bits per heavy atom. The van der Waals surface area contributed by atoms with Gasteiger partial charge in [0.25, 0.3) is 0 Å². The number of nitrogens with one attached hydrogen (secondary N) is 1. The maximum Gasteiger partial charge on any atom is 0.223 e. The van der Waals surface area contributed by atoms with Gasteiger partial charge >= 0.3 is 0 Å². The number of hydrogen-bond acceptors (Lipinski definition) is 3. The van der Waals surface area contributed by atoms with Crippen LogP contribution >= 0.6 is 11.3 Å². The molecule has 0 saturated carbocycles. The molecule has 0 saturated heterocycles. The average Bonchev–Trinajstić information content (AvgIpc) is 2.81. The van der Waals surface area contributed by atoms with Gasteiger partial charge in [-0.2, -0.15) is 0 Å². The molecule has 0 aliphatic heterocycles. The Morgan fingerprint density at radius 2 is 1.55 bits per heavy atom. The number of benzene rings is 1. The Labute approximate surface area is 113 Å². The Morgan fingerprint density at radius 3 is 2.05 bits per heavy atom. The van der Waals surface area contributed by atoms with E-state index in [0.29, 0.717) is 0 Å². The highest BCUT2D eigenvalue weighted by atomic mass is 32.1. The molecular formula is C11H5F5N2OS. The van der Waals surface area contributed by atoms with E-state index in [-0.39, 0.29) is 5.13 Å². The zero-order valence-electron chi connectivity index (χ0n) is 9.73. The highest BCUT2D eigenvalue weighted by molar-refractivity contribution is 7.14. The smallest absolute Gasteiger partial charge is 0.223 e. The van der Waals surface area contributed by atoms with Crippen LogP contribution in [0, 0.1) is 29.1 Å². The summed E-state index contributed by atoms with van der Waals surface area (Å²) in [5, 5.41) is 3.29. The molecule has 0 unspecified atom stereocenters. The molecule has 0 spiro atoms. The van der Waals surface area contributed by atoms with Crippen molar-refractivity contribution >= 4 is 22.4 Å². The number of nitrogens with zero attached hydrogens (tertiary/aromatic N) is 1. The lowest BCUT2D eigenvalue weighted by atomic mass is 10.1. The maximum atomic E-state index is 13.5. The van der Waals surface area contributed by atoms with Gasteiger partial charge in [-0.25, -0.2) is 26.9 Å². The van der Waals surface area contributed by atoms with Gasteiger partial charge in [-0.3, -0.25) is 4.79 Å². The highest BCUT2D eigenvalue weighted by Crippen LogP contribution is 2.33. The topological polar surface area (TPSA) is 42.0 Å². The third kappa shape index (κ3) is 2.36.